The van der Waals surface area contributed by atoms with Gasteiger partial charge < -0.3 is 19.5 Å². The summed E-state index contributed by atoms with van der Waals surface area (Å²) in [5, 5.41) is 3.44. The molecule has 0 heterocycles. The van der Waals surface area contributed by atoms with Gasteiger partial charge in [0.2, 0.25) is 0 Å². The average Bonchev–Trinajstić information content (AvgIpc) is 2.40. The second-order valence-electron chi connectivity index (χ2n) is 4.29. The molecule has 1 aromatic rings. The number of hydrogen-bond donors (Lipinski definition) is 1. The van der Waals surface area contributed by atoms with Gasteiger partial charge in [-0.15, -0.1) is 0 Å². The lowest BCUT2D eigenvalue weighted by Crippen LogP contribution is -2.40. The highest BCUT2D eigenvalue weighted by Gasteiger charge is 2.18. The van der Waals surface area contributed by atoms with Crippen LogP contribution in [0, 0.1) is 0 Å². The zero-order valence-electron chi connectivity index (χ0n) is 11.8. The Hall–Kier alpha value is -1.10. The van der Waals surface area contributed by atoms with Gasteiger partial charge in [-0.25, -0.2) is 0 Å². The van der Waals surface area contributed by atoms with Gasteiger partial charge in [-0.2, -0.15) is 0 Å². The van der Waals surface area contributed by atoms with Gasteiger partial charge in [-0.1, -0.05) is 12.1 Å². The third-order valence-corrected chi connectivity index (χ3v) is 3.00. The predicted molar refractivity (Wildman–Crippen MR) is 71.8 cm³/mol. The largest absolute Gasteiger partial charge is 0.497 e. The van der Waals surface area contributed by atoms with Crippen LogP contribution in [0.2, 0.25) is 0 Å². The van der Waals surface area contributed by atoms with Gasteiger partial charge in [0.05, 0.1) is 13.2 Å². The second kappa shape index (κ2) is 7.36. The summed E-state index contributed by atoms with van der Waals surface area (Å²) in [6.45, 7) is 4.15. The molecule has 0 aliphatic rings. The van der Waals surface area contributed by atoms with Crippen LogP contribution in [0.1, 0.15) is 25.5 Å². The quantitative estimate of drug-likeness (QED) is 0.757. The van der Waals surface area contributed by atoms with E-state index in [9.17, 15) is 0 Å². The van der Waals surface area contributed by atoms with E-state index in [0.29, 0.717) is 0 Å². The molecule has 1 rings (SSSR count). The first-order valence-electron chi connectivity index (χ1n) is 6.08. The van der Waals surface area contributed by atoms with Crippen molar-refractivity contribution in [2.75, 3.05) is 21.3 Å². The van der Waals surface area contributed by atoms with Gasteiger partial charge >= 0.3 is 0 Å². The van der Waals surface area contributed by atoms with Gasteiger partial charge in [0, 0.05) is 20.3 Å². The van der Waals surface area contributed by atoms with Crippen LogP contribution in [0.25, 0.3) is 0 Å². The zero-order chi connectivity index (χ0) is 13.5. The molecule has 0 amide bonds. The highest BCUT2D eigenvalue weighted by molar-refractivity contribution is 5.28. The maximum absolute atomic E-state index is 5.23. The Balaban J connectivity index is 2.60. The minimum absolute atomic E-state index is 0.108. The summed E-state index contributed by atoms with van der Waals surface area (Å²) >= 11 is 0. The van der Waals surface area contributed by atoms with E-state index in [1.54, 1.807) is 21.3 Å². The van der Waals surface area contributed by atoms with Crippen molar-refractivity contribution in [1.82, 2.24) is 5.32 Å². The highest BCUT2D eigenvalue weighted by atomic mass is 16.7. The van der Waals surface area contributed by atoms with Crippen molar-refractivity contribution >= 4 is 0 Å². The van der Waals surface area contributed by atoms with Crippen molar-refractivity contribution in [3.05, 3.63) is 29.8 Å². The van der Waals surface area contributed by atoms with Gasteiger partial charge in [0.15, 0.2) is 6.29 Å². The smallest absolute Gasteiger partial charge is 0.171 e. The standard InChI is InChI=1S/C14H23NO3/c1-10(15-11(2)14(17-4)18-5)12-6-8-13(16-3)9-7-12/h6-11,14-15H,1-5H3/t10-,11?/m1/s1. The molecule has 0 spiro atoms. The lowest BCUT2D eigenvalue weighted by Gasteiger charge is -2.26. The van der Waals surface area contributed by atoms with E-state index in [-0.39, 0.29) is 18.4 Å². The molecule has 1 unspecified atom stereocenters. The molecule has 4 heteroatoms. The van der Waals surface area contributed by atoms with Crippen molar-refractivity contribution in [2.24, 2.45) is 0 Å². The molecule has 0 radical (unpaired) electrons. The van der Waals surface area contributed by atoms with Crippen molar-refractivity contribution < 1.29 is 14.2 Å². The fourth-order valence-electron chi connectivity index (χ4n) is 1.97. The van der Waals surface area contributed by atoms with Crippen LogP contribution >= 0.6 is 0 Å². The number of rotatable bonds is 7. The van der Waals surface area contributed by atoms with E-state index in [1.807, 2.05) is 19.1 Å². The lowest BCUT2D eigenvalue weighted by molar-refractivity contribution is -0.120. The fourth-order valence-corrected chi connectivity index (χ4v) is 1.97. The molecule has 18 heavy (non-hydrogen) atoms. The molecule has 0 aliphatic heterocycles. The van der Waals surface area contributed by atoms with Crippen molar-refractivity contribution in [1.29, 1.82) is 0 Å². The van der Waals surface area contributed by atoms with Crippen molar-refractivity contribution in [3.8, 4) is 5.75 Å². The van der Waals surface area contributed by atoms with Gasteiger partial charge in [0.25, 0.3) is 0 Å². The number of benzene rings is 1. The van der Waals surface area contributed by atoms with Crippen LogP contribution < -0.4 is 10.1 Å². The SMILES string of the molecule is COc1ccc([C@@H](C)NC(C)C(OC)OC)cc1. The van der Waals surface area contributed by atoms with Gasteiger partial charge in [0.1, 0.15) is 5.75 Å². The maximum atomic E-state index is 5.23. The maximum Gasteiger partial charge on any atom is 0.171 e. The first kappa shape index (κ1) is 15.0. The van der Waals surface area contributed by atoms with E-state index < -0.39 is 0 Å². The van der Waals surface area contributed by atoms with E-state index in [2.05, 4.69) is 24.4 Å². The third-order valence-electron chi connectivity index (χ3n) is 3.00. The van der Waals surface area contributed by atoms with Gasteiger partial charge in [-0.05, 0) is 31.5 Å². The number of methoxy groups -OCH3 is 3. The number of nitrogens with one attached hydrogen (secondary N) is 1. The molecule has 0 aliphatic carbocycles. The Morgan fingerprint density at radius 2 is 1.50 bits per heavy atom. The molecular formula is C14H23NO3. The Kier molecular flexibility index (Phi) is 6.12. The minimum atomic E-state index is -0.245. The Labute approximate surface area is 109 Å². The topological polar surface area (TPSA) is 39.7 Å². The normalized spacial score (nSPS) is 14.6. The highest BCUT2D eigenvalue weighted by Crippen LogP contribution is 2.18. The molecule has 0 saturated carbocycles. The molecule has 0 bridgehead atoms. The minimum Gasteiger partial charge on any atom is -0.497 e. The molecule has 0 fully saturated rings. The molecule has 102 valence electrons. The zero-order valence-corrected chi connectivity index (χ0v) is 11.8. The average molecular weight is 253 g/mol. The summed E-state index contributed by atoms with van der Waals surface area (Å²) in [4.78, 5) is 0. The Morgan fingerprint density at radius 1 is 0.944 bits per heavy atom. The summed E-state index contributed by atoms with van der Waals surface area (Å²) in [7, 11) is 4.95. The first-order chi connectivity index (χ1) is 8.62. The summed E-state index contributed by atoms with van der Waals surface area (Å²) in [6.07, 6.45) is -0.245. The van der Waals surface area contributed by atoms with Crippen LogP contribution in [0.5, 0.6) is 5.75 Å². The Morgan fingerprint density at radius 3 is 1.94 bits per heavy atom. The lowest BCUT2D eigenvalue weighted by atomic mass is 10.1. The van der Waals surface area contributed by atoms with E-state index >= 15 is 0 Å². The van der Waals surface area contributed by atoms with E-state index in [0.717, 1.165) is 5.75 Å². The molecule has 0 aromatic heterocycles. The van der Waals surface area contributed by atoms with Crippen LogP contribution in [-0.2, 0) is 9.47 Å². The fraction of sp³-hybridized carbons (Fsp3) is 0.571. The Bertz CT molecular complexity index is 335. The van der Waals surface area contributed by atoms with E-state index in [1.165, 1.54) is 5.56 Å². The third kappa shape index (κ3) is 3.98. The molecule has 4 nitrogen and oxygen atoms in total. The van der Waals surface area contributed by atoms with Crippen molar-refractivity contribution in [3.63, 3.8) is 0 Å². The number of hydrogen-bond acceptors (Lipinski definition) is 4. The second-order valence-corrected chi connectivity index (χ2v) is 4.29. The van der Waals surface area contributed by atoms with Gasteiger partial charge in [-0.3, -0.25) is 0 Å². The molecular weight excluding hydrogens is 230 g/mol. The van der Waals surface area contributed by atoms with Crippen molar-refractivity contribution in [2.45, 2.75) is 32.2 Å². The summed E-state index contributed by atoms with van der Waals surface area (Å²) in [5.74, 6) is 0.866. The molecule has 2 atom stereocenters. The van der Waals surface area contributed by atoms with Crippen LogP contribution in [0.3, 0.4) is 0 Å². The number of ether oxygens (including phenoxy) is 3. The van der Waals surface area contributed by atoms with Crippen LogP contribution in [-0.4, -0.2) is 33.7 Å². The summed E-state index contributed by atoms with van der Waals surface area (Å²) in [6, 6.07) is 8.36. The molecule has 0 saturated heterocycles. The molecule has 1 N–H and O–H groups in total. The summed E-state index contributed by atoms with van der Waals surface area (Å²) < 4.78 is 15.6. The first-order valence-corrected chi connectivity index (χ1v) is 6.08. The van der Waals surface area contributed by atoms with Crippen LogP contribution in [0.15, 0.2) is 24.3 Å². The predicted octanol–water partition coefficient (Wildman–Crippen LogP) is 2.35. The monoisotopic (exact) mass is 253 g/mol. The van der Waals surface area contributed by atoms with E-state index in [4.69, 9.17) is 14.2 Å². The molecule has 1 aromatic carbocycles. The van der Waals surface area contributed by atoms with Crippen LogP contribution in [0.4, 0.5) is 0 Å². The summed E-state index contributed by atoms with van der Waals surface area (Å²) in [5.41, 5.74) is 1.20.